The summed E-state index contributed by atoms with van der Waals surface area (Å²) in [5.74, 6) is 0.463. The van der Waals surface area contributed by atoms with Crippen LogP contribution in [0.25, 0.3) is 32.8 Å². The minimum atomic E-state index is 0.463. The zero-order chi connectivity index (χ0) is 13.7. The van der Waals surface area contributed by atoms with Crippen LogP contribution in [-0.4, -0.2) is 9.97 Å². The van der Waals surface area contributed by atoms with Gasteiger partial charge in [0.15, 0.2) is 0 Å². The van der Waals surface area contributed by atoms with Gasteiger partial charge in [-0.05, 0) is 23.6 Å². The molecule has 0 aliphatic heterocycles. The smallest absolute Gasteiger partial charge is 0.139 e. The average molecular weight is 260 g/mol. The lowest BCUT2D eigenvalue weighted by atomic mass is 9.94. The topological polar surface area (TPSA) is 28.7 Å². The molecule has 2 nitrogen and oxygen atoms in total. The van der Waals surface area contributed by atoms with E-state index in [0.717, 1.165) is 16.7 Å². The number of nitrogens with one attached hydrogen (secondary N) is 1. The zero-order valence-corrected chi connectivity index (χ0v) is 11.6. The lowest BCUT2D eigenvalue weighted by molar-refractivity contribution is 0.885. The van der Waals surface area contributed by atoms with Crippen molar-refractivity contribution in [3.05, 3.63) is 54.1 Å². The molecule has 0 atom stereocenters. The summed E-state index contributed by atoms with van der Waals surface area (Å²) in [6.07, 6.45) is 0. The van der Waals surface area contributed by atoms with Crippen molar-refractivity contribution in [3.8, 4) is 0 Å². The fourth-order valence-electron chi connectivity index (χ4n) is 3.14. The lowest BCUT2D eigenvalue weighted by Crippen LogP contribution is -1.93. The number of para-hydroxylation sites is 2. The third kappa shape index (κ3) is 1.48. The molecule has 0 fully saturated rings. The van der Waals surface area contributed by atoms with Gasteiger partial charge in [-0.3, -0.25) is 0 Å². The van der Waals surface area contributed by atoms with E-state index in [2.05, 4.69) is 61.3 Å². The maximum absolute atomic E-state index is 4.80. The SMILES string of the molecule is CC(C)c1c2ccccc2nc2[nH]c3ccccc3c12. The van der Waals surface area contributed by atoms with Crippen molar-refractivity contribution in [2.45, 2.75) is 19.8 Å². The van der Waals surface area contributed by atoms with Gasteiger partial charge in [0.25, 0.3) is 0 Å². The number of benzene rings is 2. The van der Waals surface area contributed by atoms with E-state index in [-0.39, 0.29) is 0 Å². The van der Waals surface area contributed by atoms with Crippen molar-refractivity contribution in [2.24, 2.45) is 0 Å². The molecule has 0 saturated heterocycles. The Morgan fingerprint density at radius 2 is 1.60 bits per heavy atom. The first-order chi connectivity index (χ1) is 9.75. The third-order valence-electron chi connectivity index (χ3n) is 3.96. The summed E-state index contributed by atoms with van der Waals surface area (Å²) in [4.78, 5) is 8.26. The minimum Gasteiger partial charge on any atom is -0.339 e. The molecule has 4 rings (SSSR count). The Labute approximate surface area is 117 Å². The number of H-pyrrole nitrogens is 1. The van der Waals surface area contributed by atoms with Gasteiger partial charge in [0.05, 0.1) is 5.52 Å². The highest BCUT2D eigenvalue weighted by Gasteiger charge is 2.15. The summed E-state index contributed by atoms with van der Waals surface area (Å²) in [5, 5.41) is 3.80. The largest absolute Gasteiger partial charge is 0.339 e. The van der Waals surface area contributed by atoms with Crippen LogP contribution in [0.5, 0.6) is 0 Å². The van der Waals surface area contributed by atoms with Crippen LogP contribution in [0, 0.1) is 0 Å². The van der Waals surface area contributed by atoms with Gasteiger partial charge < -0.3 is 4.98 Å². The number of pyridine rings is 1. The van der Waals surface area contributed by atoms with Crippen LogP contribution in [0.2, 0.25) is 0 Å². The van der Waals surface area contributed by atoms with E-state index in [0.29, 0.717) is 5.92 Å². The molecular formula is C18H16N2. The third-order valence-corrected chi connectivity index (χ3v) is 3.96. The van der Waals surface area contributed by atoms with Crippen LogP contribution >= 0.6 is 0 Å². The zero-order valence-electron chi connectivity index (χ0n) is 11.6. The summed E-state index contributed by atoms with van der Waals surface area (Å²) in [7, 11) is 0. The van der Waals surface area contributed by atoms with Crippen LogP contribution in [0.3, 0.4) is 0 Å². The molecule has 0 bridgehead atoms. The summed E-state index contributed by atoms with van der Waals surface area (Å²) in [6, 6.07) is 16.9. The molecule has 2 heteroatoms. The number of rotatable bonds is 1. The molecule has 1 N–H and O–H groups in total. The van der Waals surface area contributed by atoms with E-state index in [9.17, 15) is 0 Å². The van der Waals surface area contributed by atoms with Gasteiger partial charge in [0.1, 0.15) is 5.65 Å². The molecule has 20 heavy (non-hydrogen) atoms. The fourth-order valence-corrected chi connectivity index (χ4v) is 3.14. The number of aromatic amines is 1. The maximum atomic E-state index is 4.80. The van der Waals surface area contributed by atoms with Crippen molar-refractivity contribution < 1.29 is 0 Å². The van der Waals surface area contributed by atoms with Gasteiger partial charge in [-0.25, -0.2) is 4.98 Å². The molecule has 2 aromatic carbocycles. The van der Waals surface area contributed by atoms with E-state index >= 15 is 0 Å². The molecule has 2 aromatic heterocycles. The van der Waals surface area contributed by atoms with E-state index in [1.165, 1.54) is 21.7 Å². The Morgan fingerprint density at radius 3 is 2.40 bits per heavy atom. The Bertz CT molecular complexity index is 932. The summed E-state index contributed by atoms with van der Waals surface area (Å²) in [5.41, 5.74) is 4.61. The second-order valence-electron chi connectivity index (χ2n) is 5.59. The normalized spacial score (nSPS) is 11.9. The summed E-state index contributed by atoms with van der Waals surface area (Å²) in [6.45, 7) is 4.51. The summed E-state index contributed by atoms with van der Waals surface area (Å²) < 4.78 is 0. The van der Waals surface area contributed by atoms with Crippen molar-refractivity contribution in [3.63, 3.8) is 0 Å². The van der Waals surface area contributed by atoms with Crippen molar-refractivity contribution in [1.29, 1.82) is 0 Å². The first-order valence-electron chi connectivity index (χ1n) is 7.05. The van der Waals surface area contributed by atoms with E-state index in [1.54, 1.807) is 0 Å². The van der Waals surface area contributed by atoms with Gasteiger partial charge in [-0.2, -0.15) is 0 Å². The number of hydrogen-bond donors (Lipinski definition) is 1. The second kappa shape index (κ2) is 4.07. The Morgan fingerprint density at radius 1 is 0.900 bits per heavy atom. The Balaban J connectivity index is 2.33. The van der Waals surface area contributed by atoms with E-state index in [4.69, 9.17) is 4.98 Å². The molecular weight excluding hydrogens is 244 g/mol. The van der Waals surface area contributed by atoms with Crippen molar-refractivity contribution in [2.75, 3.05) is 0 Å². The first-order valence-corrected chi connectivity index (χ1v) is 7.05. The number of aromatic nitrogens is 2. The molecule has 0 saturated carbocycles. The van der Waals surface area contributed by atoms with Crippen molar-refractivity contribution >= 4 is 32.8 Å². The van der Waals surface area contributed by atoms with Crippen LogP contribution < -0.4 is 0 Å². The molecule has 0 spiro atoms. The van der Waals surface area contributed by atoms with E-state index < -0.39 is 0 Å². The standard InChI is InChI=1S/C18H16N2/c1-11(2)16-12-7-3-5-9-14(12)19-18-17(16)13-8-4-6-10-15(13)20-18/h3-11H,1-2H3,(H,19,20). The first kappa shape index (κ1) is 11.5. The molecule has 0 radical (unpaired) electrons. The molecule has 4 aromatic rings. The van der Waals surface area contributed by atoms with Gasteiger partial charge in [0.2, 0.25) is 0 Å². The predicted octanol–water partition coefficient (Wildman–Crippen LogP) is 4.99. The van der Waals surface area contributed by atoms with Gasteiger partial charge in [-0.1, -0.05) is 50.2 Å². The van der Waals surface area contributed by atoms with Crippen LogP contribution in [0.4, 0.5) is 0 Å². The fraction of sp³-hybridized carbons (Fsp3) is 0.167. The van der Waals surface area contributed by atoms with E-state index in [1.807, 2.05) is 6.07 Å². The maximum Gasteiger partial charge on any atom is 0.139 e. The number of nitrogens with zero attached hydrogens (tertiary/aromatic N) is 1. The number of fused-ring (bicyclic) bond motifs is 4. The van der Waals surface area contributed by atoms with Gasteiger partial charge >= 0.3 is 0 Å². The van der Waals surface area contributed by atoms with Crippen LogP contribution in [0.15, 0.2) is 48.5 Å². The minimum absolute atomic E-state index is 0.463. The highest BCUT2D eigenvalue weighted by Crippen LogP contribution is 2.35. The summed E-state index contributed by atoms with van der Waals surface area (Å²) >= 11 is 0. The molecule has 0 amide bonds. The lowest BCUT2D eigenvalue weighted by Gasteiger charge is -2.11. The Kier molecular flexibility index (Phi) is 2.34. The Hall–Kier alpha value is -2.35. The predicted molar refractivity (Wildman–Crippen MR) is 85.2 cm³/mol. The highest BCUT2D eigenvalue weighted by atomic mass is 14.9. The molecule has 98 valence electrons. The molecule has 2 heterocycles. The molecule has 0 aliphatic carbocycles. The average Bonchev–Trinajstić information content (AvgIpc) is 2.82. The molecule has 0 aliphatic rings. The quantitative estimate of drug-likeness (QED) is 0.513. The monoisotopic (exact) mass is 260 g/mol. The molecule has 0 unspecified atom stereocenters. The van der Waals surface area contributed by atoms with Crippen molar-refractivity contribution in [1.82, 2.24) is 9.97 Å². The second-order valence-corrected chi connectivity index (χ2v) is 5.59. The van der Waals surface area contributed by atoms with Crippen LogP contribution in [0.1, 0.15) is 25.3 Å². The number of hydrogen-bond acceptors (Lipinski definition) is 1. The van der Waals surface area contributed by atoms with Gasteiger partial charge in [0, 0.05) is 21.7 Å². The van der Waals surface area contributed by atoms with Gasteiger partial charge in [-0.15, -0.1) is 0 Å². The van der Waals surface area contributed by atoms with Crippen LogP contribution in [-0.2, 0) is 0 Å². The highest BCUT2D eigenvalue weighted by molar-refractivity contribution is 6.12.